The van der Waals surface area contributed by atoms with E-state index in [0.29, 0.717) is 71.7 Å². The average molecular weight is 875 g/mol. The van der Waals surface area contributed by atoms with E-state index in [0.717, 1.165) is 75.9 Å². The van der Waals surface area contributed by atoms with Crippen LogP contribution in [-0.2, 0) is 28.5 Å². The van der Waals surface area contributed by atoms with Crippen LogP contribution < -0.4 is 16.0 Å². The topological polar surface area (TPSA) is 189 Å². The van der Waals surface area contributed by atoms with E-state index in [4.69, 9.17) is 28.9 Å². The van der Waals surface area contributed by atoms with Gasteiger partial charge in [-0.25, -0.2) is 14.6 Å². The minimum absolute atomic E-state index is 0.0110. The molecule has 5 atom stereocenters. The lowest BCUT2D eigenvalue weighted by atomic mass is 9.90. The molecule has 16 heteroatoms. The number of amides is 4. The van der Waals surface area contributed by atoms with E-state index in [1.165, 1.54) is 14.2 Å². The molecule has 4 saturated heterocycles. The first kappa shape index (κ1) is 43.4. The summed E-state index contributed by atoms with van der Waals surface area (Å²) in [7, 11) is 2.63. The number of aromatic amines is 1. The summed E-state index contributed by atoms with van der Waals surface area (Å²) < 4.78 is 20.8. The van der Waals surface area contributed by atoms with E-state index in [9.17, 15) is 19.2 Å². The van der Waals surface area contributed by atoms with Crippen molar-refractivity contribution in [3.8, 4) is 22.4 Å². The maximum Gasteiger partial charge on any atom is 0.407 e. The number of carbonyl (C=O) groups is 4. The summed E-state index contributed by atoms with van der Waals surface area (Å²) in [5.74, 6) is 0.507. The number of fused-ring (bicyclic) bond motifs is 1. The summed E-state index contributed by atoms with van der Waals surface area (Å²) in [5.41, 5.74) is 6.06. The summed E-state index contributed by atoms with van der Waals surface area (Å²) in [6.07, 6.45) is 6.54. The Bertz CT molecular complexity index is 2360. The molecule has 0 spiro atoms. The highest BCUT2D eigenvalue weighted by atomic mass is 16.5. The van der Waals surface area contributed by atoms with Crippen LogP contribution in [0.3, 0.4) is 0 Å². The molecule has 0 aliphatic carbocycles. The van der Waals surface area contributed by atoms with Crippen molar-refractivity contribution >= 4 is 40.5 Å². The lowest BCUT2D eigenvalue weighted by Gasteiger charge is -2.35. The normalized spacial score (nSPS) is 22.8. The van der Waals surface area contributed by atoms with Crippen LogP contribution in [0.2, 0.25) is 0 Å². The second kappa shape index (κ2) is 19.5. The van der Waals surface area contributed by atoms with Crippen molar-refractivity contribution in [1.29, 1.82) is 0 Å². The van der Waals surface area contributed by atoms with Gasteiger partial charge in [-0.3, -0.25) is 19.9 Å². The SMILES string of the molecule is COC(=O)N[C@H](C(=O)N1CCC[C@H]1c1ncc(-c2ccc3cc(-c4ccc(C5=NC([C@@H]6CCCN6C(=O)[C@@H](NC(=O)OC)C6CCOCC6)NC5)cc4)ccc3c2)[nH]1)C1CCOCC1. The first-order chi connectivity index (χ1) is 31.3. The molecule has 9 rings (SSSR count). The highest BCUT2D eigenvalue weighted by Crippen LogP contribution is 2.35. The molecule has 64 heavy (non-hydrogen) atoms. The van der Waals surface area contributed by atoms with E-state index in [1.807, 2.05) is 16.0 Å². The molecule has 4 N–H and O–H groups in total. The molecule has 4 aromatic rings. The van der Waals surface area contributed by atoms with Gasteiger partial charge in [0.25, 0.3) is 0 Å². The van der Waals surface area contributed by atoms with Crippen molar-refractivity contribution in [2.45, 2.75) is 81.7 Å². The monoisotopic (exact) mass is 874 g/mol. The number of nitrogens with one attached hydrogen (secondary N) is 4. The molecule has 16 nitrogen and oxygen atoms in total. The van der Waals surface area contributed by atoms with E-state index < -0.39 is 24.3 Å². The van der Waals surface area contributed by atoms with Crippen LogP contribution in [0, 0.1) is 11.8 Å². The van der Waals surface area contributed by atoms with E-state index >= 15 is 0 Å². The molecule has 0 bridgehead atoms. The van der Waals surface area contributed by atoms with Crippen LogP contribution in [0.15, 0.2) is 71.9 Å². The van der Waals surface area contributed by atoms with Gasteiger partial charge in [0.05, 0.1) is 43.9 Å². The third-order valence-electron chi connectivity index (χ3n) is 13.8. The maximum atomic E-state index is 14.0. The number of nitrogens with zero attached hydrogens (tertiary/aromatic N) is 4. The zero-order valence-electron chi connectivity index (χ0n) is 36.6. The van der Waals surface area contributed by atoms with E-state index in [1.54, 1.807) is 0 Å². The molecule has 0 radical (unpaired) electrons. The summed E-state index contributed by atoms with van der Waals surface area (Å²) in [6, 6.07) is 19.6. The van der Waals surface area contributed by atoms with Gasteiger partial charge >= 0.3 is 12.2 Å². The van der Waals surface area contributed by atoms with Crippen LogP contribution >= 0.6 is 0 Å². The van der Waals surface area contributed by atoms with Gasteiger partial charge < -0.3 is 44.4 Å². The molecule has 5 aliphatic rings. The fourth-order valence-corrected chi connectivity index (χ4v) is 10.3. The van der Waals surface area contributed by atoms with Crippen LogP contribution in [0.4, 0.5) is 9.59 Å². The number of hydrogen-bond acceptors (Lipinski definition) is 11. The number of alkyl carbamates (subject to hydrolysis) is 2. The molecular formula is C48H58N8O8. The molecule has 0 saturated carbocycles. The Morgan fingerprint density at radius 3 is 1.88 bits per heavy atom. The van der Waals surface area contributed by atoms with Gasteiger partial charge in [-0.05, 0) is 103 Å². The Kier molecular flexibility index (Phi) is 13.2. The fourth-order valence-electron chi connectivity index (χ4n) is 10.3. The lowest BCUT2D eigenvalue weighted by molar-refractivity contribution is -0.137. The third kappa shape index (κ3) is 9.22. The summed E-state index contributed by atoms with van der Waals surface area (Å²) >= 11 is 0. The zero-order chi connectivity index (χ0) is 44.2. The van der Waals surface area contributed by atoms with Gasteiger partial charge in [0, 0.05) is 51.6 Å². The Morgan fingerprint density at radius 2 is 1.23 bits per heavy atom. The van der Waals surface area contributed by atoms with Gasteiger partial charge in [0.2, 0.25) is 11.8 Å². The molecule has 5 aliphatic heterocycles. The number of likely N-dealkylation sites (tertiary alicyclic amines) is 2. The maximum absolute atomic E-state index is 14.0. The quantitative estimate of drug-likeness (QED) is 0.148. The summed E-state index contributed by atoms with van der Waals surface area (Å²) in [6.45, 7) is 4.08. The lowest BCUT2D eigenvalue weighted by Crippen LogP contribution is -2.56. The Labute approximate surface area is 372 Å². The first-order valence-electron chi connectivity index (χ1n) is 22.7. The predicted molar refractivity (Wildman–Crippen MR) is 239 cm³/mol. The first-order valence-corrected chi connectivity index (χ1v) is 22.7. The van der Waals surface area contributed by atoms with Crippen LogP contribution in [0.5, 0.6) is 0 Å². The molecule has 1 aromatic heterocycles. The standard InChI is InChI=1S/C48H58N8O8/c1-61-47(59)53-41(31-15-21-63-22-16-31)45(57)55-19-3-5-39(55)43-49-27-37(51-43)30-9-7-29(8-10-30)33-11-12-35-26-36(14-13-34(35)25-33)38-28-50-44(52-38)40-6-4-20-56(40)46(58)42(54-48(60)62-2)32-17-23-64-24-18-32/h7-14,25-26,28,31-32,39-43,49H,3-6,15-24,27H2,1-2H3,(H,50,52)(H,53,59)(H,54,60)/t39-,40-,41-,42-,43?/m0/s1. The average Bonchev–Trinajstić information content (AvgIpc) is 4.20. The number of methoxy groups -OCH3 is 2. The molecule has 3 aromatic carbocycles. The van der Waals surface area contributed by atoms with Gasteiger partial charge in [-0.15, -0.1) is 0 Å². The number of benzene rings is 3. The molecule has 4 fully saturated rings. The summed E-state index contributed by atoms with van der Waals surface area (Å²) in [5, 5.41) is 11.4. The number of hydrogen-bond donors (Lipinski definition) is 4. The van der Waals surface area contributed by atoms with Crippen molar-refractivity contribution < 1.29 is 38.1 Å². The highest BCUT2D eigenvalue weighted by Gasteiger charge is 2.43. The molecule has 338 valence electrons. The number of aromatic nitrogens is 2. The van der Waals surface area contributed by atoms with Crippen LogP contribution in [0.25, 0.3) is 33.2 Å². The number of ether oxygens (including phenoxy) is 4. The summed E-state index contributed by atoms with van der Waals surface area (Å²) in [4.78, 5) is 69.8. The van der Waals surface area contributed by atoms with Crippen LogP contribution in [0.1, 0.15) is 68.8 Å². The van der Waals surface area contributed by atoms with Crippen molar-refractivity contribution in [2.24, 2.45) is 16.8 Å². The largest absolute Gasteiger partial charge is 0.453 e. The Morgan fingerprint density at radius 1 is 0.688 bits per heavy atom. The zero-order valence-corrected chi connectivity index (χ0v) is 36.6. The van der Waals surface area contributed by atoms with Crippen LogP contribution in [-0.4, -0.2) is 134 Å². The predicted octanol–water partition coefficient (Wildman–Crippen LogP) is 5.57. The number of H-pyrrole nitrogens is 1. The Balaban J connectivity index is 0.853. The minimum atomic E-state index is -0.684. The second-order valence-corrected chi connectivity index (χ2v) is 17.5. The van der Waals surface area contributed by atoms with Gasteiger partial charge in [0.1, 0.15) is 24.1 Å². The molecular weight excluding hydrogens is 817 g/mol. The van der Waals surface area contributed by atoms with Gasteiger partial charge in [-0.2, -0.15) is 0 Å². The third-order valence-corrected chi connectivity index (χ3v) is 13.8. The fraction of sp³-hybridized carbons (Fsp3) is 0.500. The van der Waals surface area contributed by atoms with Crippen molar-refractivity contribution in [2.75, 3.05) is 60.3 Å². The number of aliphatic imine (C=N–C) groups is 1. The Hall–Kier alpha value is -5.84. The van der Waals surface area contributed by atoms with Crippen molar-refractivity contribution in [3.05, 3.63) is 78.2 Å². The van der Waals surface area contributed by atoms with Crippen molar-refractivity contribution in [3.63, 3.8) is 0 Å². The van der Waals surface area contributed by atoms with Crippen molar-refractivity contribution in [1.82, 2.24) is 35.7 Å². The van der Waals surface area contributed by atoms with E-state index in [-0.39, 0.29) is 41.9 Å². The molecule has 4 amide bonds. The number of carbonyl (C=O) groups excluding carboxylic acids is 4. The smallest absolute Gasteiger partial charge is 0.407 e. The molecule has 6 heterocycles. The minimum Gasteiger partial charge on any atom is -0.453 e. The van der Waals surface area contributed by atoms with Gasteiger partial charge in [-0.1, -0.05) is 48.5 Å². The molecule has 1 unspecified atom stereocenters. The van der Waals surface area contributed by atoms with E-state index in [2.05, 4.69) is 81.6 Å². The second-order valence-electron chi connectivity index (χ2n) is 17.5. The number of rotatable bonds is 11. The highest BCUT2D eigenvalue weighted by molar-refractivity contribution is 6.03. The van der Waals surface area contributed by atoms with Gasteiger partial charge in [0.15, 0.2) is 0 Å². The number of imidazole rings is 1.